The van der Waals surface area contributed by atoms with Gasteiger partial charge >= 0.3 is 0 Å². The quantitative estimate of drug-likeness (QED) is 0.474. The second-order valence-corrected chi connectivity index (χ2v) is 6.68. The Labute approximate surface area is 121 Å². The first-order valence-corrected chi connectivity index (χ1v) is 8.08. The molecule has 0 fully saturated rings. The molecule has 0 saturated carbocycles. The van der Waals surface area contributed by atoms with Crippen LogP contribution >= 0.6 is 11.3 Å². The van der Waals surface area contributed by atoms with Gasteiger partial charge in [-0.05, 0) is 33.3 Å². The largest absolute Gasteiger partial charge is 0.370 e. The van der Waals surface area contributed by atoms with Gasteiger partial charge in [0, 0.05) is 15.3 Å². The van der Waals surface area contributed by atoms with Crippen LogP contribution in [-0.4, -0.2) is 18.5 Å². The molecule has 0 bridgehead atoms. The average molecular weight is 282 g/mol. The summed E-state index contributed by atoms with van der Waals surface area (Å²) in [5.74, 6) is 0.113. The fourth-order valence-corrected chi connectivity index (χ4v) is 3.09. The van der Waals surface area contributed by atoms with Gasteiger partial charge in [-0.25, -0.2) is 0 Å². The van der Waals surface area contributed by atoms with Gasteiger partial charge in [0.25, 0.3) is 0 Å². The summed E-state index contributed by atoms with van der Waals surface area (Å²) in [6, 6.07) is 1.97. The third kappa shape index (κ3) is 5.87. The maximum atomic E-state index is 12.0. The minimum Gasteiger partial charge on any atom is -0.370 e. The van der Waals surface area contributed by atoms with Crippen molar-refractivity contribution in [3.05, 3.63) is 21.4 Å². The Kier molecular flexibility index (Phi) is 7.32. The number of hydrogen-bond donors (Lipinski definition) is 0. The molecule has 0 spiro atoms. The van der Waals surface area contributed by atoms with Crippen molar-refractivity contribution >= 4 is 17.1 Å². The number of rotatable bonds is 9. The lowest BCUT2D eigenvalue weighted by atomic mass is 10.1. The highest BCUT2D eigenvalue weighted by molar-refractivity contribution is 7.12. The Bertz CT molecular complexity index is 395. The van der Waals surface area contributed by atoms with E-state index in [4.69, 9.17) is 4.74 Å². The fraction of sp³-hybridized carbons (Fsp3) is 0.688. The van der Waals surface area contributed by atoms with Crippen LogP contribution in [-0.2, 0) is 4.74 Å². The van der Waals surface area contributed by atoms with Crippen molar-refractivity contribution in [1.29, 1.82) is 0 Å². The van der Waals surface area contributed by atoms with Crippen molar-refractivity contribution in [2.24, 2.45) is 0 Å². The molecule has 0 aliphatic rings. The normalized spacial score (nSPS) is 12.6. The minimum absolute atomic E-state index is 0.113. The number of aryl methyl sites for hydroxylation is 2. The van der Waals surface area contributed by atoms with Crippen LogP contribution in [0.4, 0.5) is 0 Å². The Morgan fingerprint density at radius 2 is 2.05 bits per heavy atom. The van der Waals surface area contributed by atoms with Crippen LogP contribution in [0.15, 0.2) is 6.07 Å². The van der Waals surface area contributed by atoms with Gasteiger partial charge in [0.15, 0.2) is 5.78 Å². The van der Waals surface area contributed by atoms with Crippen LogP contribution in [0.2, 0.25) is 0 Å². The zero-order chi connectivity index (χ0) is 14.3. The summed E-state index contributed by atoms with van der Waals surface area (Å²) in [4.78, 5) is 14.3. The molecule has 2 nitrogen and oxygen atoms in total. The Morgan fingerprint density at radius 3 is 2.63 bits per heavy atom. The first-order chi connectivity index (χ1) is 9.04. The molecule has 19 heavy (non-hydrogen) atoms. The highest BCUT2D eigenvalue weighted by Gasteiger charge is 2.13. The van der Waals surface area contributed by atoms with Crippen molar-refractivity contribution in [1.82, 2.24) is 0 Å². The van der Waals surface area contributed by atoms with Crippen molar-refractivity contribution < 1.29 is 9.53 Å². The number of carbonyl (C=O) groups excluding carboxylic acids is 1. The second kappa shape index (κ2) is 8.49. The molecule has 1 aromatic rings. The fourth-order valence-electron chi connectivity index (χ4n) is 2.15. The predicted octanol–water partition coefficient (Wildman–Crippen LogP) is 4.92. The monoisotopic (exact) mass is 282 g/mol. The van der Waals surface area contributed by atoms with E-state index < -0.39 is 0 Å². The molecular formula is C16H26O2S. The van der Waals surface area contributed by atoms with Gasteiger partial charge in [0.1, 0.15) is 6.61 Å². The van der Waals surface area contributed by atoms with Gasteiger partial charge in [0.2, 0.25) is 0 Å². The van der Waals surface area contributed by atoms with E-state index in [1.54, 1.807) is 11.3 Å². The summed E-state index contributed by atoms with van der Waals surface area (Å²) in [5.41, 5.74) is 0.834. The van der Waals surface area contributed by atoms with E-state index in [9.17, 15) is 4.79 Å². The molecule has 1 aromatic heterocycles. The van der Waals surface area contributed by atoms with E-state index in [-0.39, 0.29) is 18.5 Å². The minimum atomic E-state index is 0.113. The standard InChI is InChI=1S/C16H26O2S/c1-5-6-7-8-9-12(2)18-11-16(17)15-10-13(3)19-14(15)4/h10,12H,5-9,11H2,1-4H3. The Balaban J connectivity index is 2.28. The molecule has 1 unspecified atom stereocenters. The summed E-state index contributed by atoms with van der Waals surface area (Å²) >= 11 is 1.67. The number of ketones is 1. The molecule has 0 aliphatic heterocycles. The zero-order valence-electron chi connectivity index (χ0n) is 12.6. The van der Waals surface area contributed by atoms with Crippen LogP contribution in [0.25, 0.3) is 0 Å². The van der Waals surface area contributed by atoms with Crippen molar-refractivity contribution in [3.63, 3.8) is 0 Å². The van der Waals surface area contributed by atoms with Crippen LogP contribution < -0.4 is 0 Å². The van der Waals surface area contributed by atoms with Gasteiger partial charge in [-0.1, -0.05) is 32.6 Å². The summed E-state index contributed by atoms with van der Waals surface area (Å²) in [7, 11) is 0. The SMILES string of the molecule is CCCCCCC(C)OCC(=O)c1cc(C)sc1C. The molecule has 0 radical (unpaired) electrons. The predicted molar refractivity (Wildman–Crippen MR) is 82.3 cm³/mol. The van der Waals surface area contributed by atoms with Gasteiger partial charge in [-0.2, -0.15) is 0 Å². The molecule has 1 rings (SSSR count). The second-order valence-electron chi connectivity index (χ2n) is 5.22. The molecule has 0 N–H and O–H groups in total. The van der Waals surface area contributed by atoms with E-state index in [0.29, 0.717) is 0 Å². The van der Waals surface area contributed by atoms with Crippen LogP contribution in [0, 0.1) is 13.8 Å². The summed E-state index contributed by atoms with van der Waals surface area (Å²) < 4.78 is 5.66. The van der Waals surface area contributed by atoms with E-state index in [0.717, 1.165) is 16.9 Å². The summed E-state index contributed by atoms with van der Waals surface area (Å²) in [6.45, 7) is 8.52. The Morgan fingerprint density at radius 1 is 1.32 bits per heavy atom. The van der Waals surface area contributed by atoms with E-state index in [2.05, 4.69) is 13.8 Å². The average Bonchev–Trinajstić information content (AvgIpc) is 2.71. The maximum Gasteiger partial charge on any atom is 0.189 e. The van der Waals surface area contributed by atoms with Crippen LogP contribution in [0.3, 0.4) is 0 Å². The van der Waals surface area contributed by atoms with Gasteiger partial charge in [-0.15, -0.1) is 11.3 Å². The molecule has 0 aromatic carbocycles. The smallest absolute Gasteiger partial charge is 0.189 e. The number of unbranched alkanes of at least 4 members (excludes halogenated alkanes) is 3. The highest BCUT2D eigenvalue weighted by Crippen LogP contribution is 2.21. The number of carbonyl (C=O) groups is 1. The third-order valence-corrected chi connectivity index (χ3v) is 4.27. The third-order valence-electron chi connectivity index (χ3n) is 3.30. The topological polar surface area (TPSA) is 26.3 Å². The number of hydrogen-bond acceptors (Lipinski definition) is 3. The van der Waals surface area contributed by atoms with Crippen LogP contribution in [0.5, 0.6) is 0 Å². The zero-order valence-corrected chi connectivity index (χ0v) is 13.4. The number of thiophene rings is 1. The van der Waals surface area contributed by atoms with Crippen LogP contribution in [0.1, 0.15) is 66.1 Å². The van der Waals surface area contributed by atoms with E-state index in [1.807, 2.05) is 19.9 Å². The van der Waals surface area contributed by atoms with E-state index in [1.165, 1.54) is 30.6 Å². The summed E-state index contributed by atoms with van der Waals surface area (Å²) in [5, 5.41) is 0. The maximum absolute atomic E-state index is 12.0. The lowest BCUT2D eigenvalue weighted by Crippen LogP contribution is -2.16. The first-order valence-electron chi connectivity index (χ1n) is 7.26. The van der Waals surface area contributed by atoms with Crippen molar-refractivity contribution in [3.8, 4) is 0 Å². The molecule has 1 heterocycles. The number of Topliss-reactive ketones (excluding diaryl/α,β-unsaturated/α-hetero) is 1. The van der Waals surface area contributed by atoms with Gasteiger partial charge in [0.05, 0.1) is 6.10 Å². The lowest BCUT2D eigenvalue weighted by molar-refractivity contribution is 0.0483. The molecule has 1 atom stereocenters. The Hall–Kier alpha value is -0.670. The highest BCUT2D eigenvalue weighted by atomic mass is 32.1. The molecule has 0 amide bonds. The summed E-state index contributed by atoms with van der Waals surface area (Å²) in [6.07, 6.45) is 6.24. The van der Waals surface area contributed by atoms with Gasteiger partial charge < -0.3 is 4.74 Å². The van der Waals surface area contributed by atoms with E-state index >= 15 is 0 Å². The van der Waals surface area contributed by atoms with Crippen molar-refractivity contribution in [2.75, 3.05) is 6.61 Å². The number of ether oxygens (including phenoxy) is 1. The first kappa shape index (κ1) is 16.4. The van der Waals surface area contributed by atoms with Crippen molar-refractivity contribution in [2.45, 2.75) is 65.9 Å². The molecule has 108 valence electrons. The van der Waals surface area contributed by atoms with Gasteiger partial charge in [-0.3, -0.25) is 4.79 Å². The lowest BCUT2D eigenvalue weighted by Gasteiger charge is -2.12. The molecule has 3 heteroatoms. The molecule has 0 aliphatic carbocycles. The molecular weight excluding hydrogens is 256 g/mol. The molecule has 0 saturated heterocycles.